The summed E-state index contributed by atoms with van der Waals surface area (Å²) in [6.45, 7) is 4.08. The first-order valence-electron chi connectivity index (χ1n) is 6.29. The Hall–Kier alpha value is -2.18. The van der Waals surface area contributed by atoms with Crippen LogP contribution in [0, 0.1) is 5.41 Å². The molecule has 0 spiro atoms. The van der Waals surface area contributed by atoms with Gasteiger partial charge in [-0.25, -0.2) is 0 Å². The van der Waals surface area contributed by atoms with Crippen LogP contribution >= 0.6 is 0 Å². The van der Waals surface area contributed by atoms with Crippen LogP contribution in [-0.4, -0.2) is 54.6 Å². The van der Waals surface area contributed by atoms with E-state index in [0.29, 0.717) is 12.4 Å². The normalized spacial score (nSPS) is 10.8. The number of carbonyl (C=O) groups excluding carboxylic acids is 2. The van der Waals surface area contributed by atoms with Crippen molar-refractivity contribution in [2.24, 2.45) is 5.41 Å². The van der Waals surface area contributed by atoms with Gasteiger partial charge in [-0.3, -0.25) is 9.59 Å². The van der Waals surface area contributed by atoms with Crippen molar-refractivity contribution in [1.29, 1.82) is 0 Å². The molecule has 2 amide bonds. The first-order valence-corrected chi connectivity index (χ1v) is 6.29. The molecule has 1 heterocycles. The molecule has 0 aliphatic rings. The third-order valence-corrected chi connectivity index (χ3v) is 2.84. The van der Waals surface area contributed by atoms with Crippen molar-refractivity contribution in [3.05, 3.63) is 17.8 Å². The fourth-order valence-electron chi connectivity index (χ4n) is 1.50. The third-order valence-electron chi connectivity index (χ3n) is 2.84. The first kappa shape index (κ1) is 15.9. The van der Waals surface area contributed by atoms with Gasteiger partial charge in [-0.1, -0.05) is 0 Å². The zero-order chi connectivity index (χ0) is 15.3. The van der Waals surface area contributed by atoms with Gasteiger partial charge < -0.3 is 15.5 Å². The van der Waals surface area contributed by atoms with Crippen molar-refractivity contribution in [2.45, 2.75) is 13.8 Å². The molecule has 2 N–H and O–H groups in total. The predicted octanol–water partition coefficient (Wildman–Crippen LogP) is 0.362. The minimum absolute atomic E-state index is 0.0580. The van der Waals surface area contributed by atoms with Crippen molar-refractivity contribution in [2.75, 3.05) is 33.0 Å². The van der Waals surface area contributed by atoms with Gasteiger partial charge in [0, 0.05) is 27.7 Å². The Labute approximate surface area is 118 Å². The number of nitrogens with zero attached hydrogens (tertiary/aromatic N) is 3. The molecule has 0 aromatic carbocycles. The van der Waals surface area contributed by atoms with Crippen LogP contribution in [0.2, 0.25) is 0 Å². The van der Waals surface area contributed by atoms with Crippen LogP contribution in [0.5, 0.6) is 0 Å². The number of hydrogen-bond donors (Lipinski definition) is 2. The SMILES string of the molecule is CNC(=O)C(C)(C)CNc1ccc(C(=O)N(C)C)nn1. The largest absolute Gasteiger partial charge is 0.368 e. The third kappa shape index (κ3) is 3.91. The van der Waals surface area contributed by atoms with Crippen LogP contribution in [0.15, 0.2) is 12.1 Å². The molecule has 0 bridgehead atoms. The van der Waals surface area contributed by atoms with E-state index in [1.165, 1.54) is 4.90 Å². The number of nitrogens with one attached hydrogen (secondary N) is 2. The number of amides is 2. The minimum atomic E-state index is -0.561. The molecule has 0 radical (unpaired) electrons. The average Bonchev–Trinajstić information content (AvgIpc) is 2.43. The molecule has 7 nitrogen and oxygen atoms in total. The van der Waals surface area contributed by atoms with Crippen LogP contribution in [0.4, 0.5) is 5.82 Å². The van der Waals surface area contributed by atoms with Gasteiger partial charge in [0.05, 0.1) is 5.41 Å². The molecule has 0 aliphatic carbocycles. The molecule has 0 unspecified atom stereocenters. The fraction of sp³-hybridized carbons (Fsp3) is 0.538. The number of rotatable bonds is 5. The summed E-state index contributed by atoms with van der Waals surface area (Å²) in [6, 6.07) is 3.27. The Morgan fingerprint density at radius 2 is 1.90 bits per heavy atom. The van der Waals surface area contributed by atoms with Crippen LogP contribution in [0.25, 0.3) is 0 Å². The van der Waals surface area contributed by atoms with Gasteiger partial charge >= 0.3 is 0 Å². The highest BCUT2D eigenvalue weighted by Gasteiger charge is 2.26. The molecule has 1 aromatic heterocycles. The molecule has 0 saturated carbocycles. The van der Waals surface area contributed by atoms with Gasteiger partial charge in [-0.15, -0.1) is 10.2 Å². The lowest BCUT2D eigenvalue weighted by atomic mass is 9.92. The van der Waals surface area contributed by atoms with Crippen LogP contribution < -0.4 is 10.6 Å². The van der Waals surface area contributed by atoms with Crippen molar-refractivity contribution in [3.63, 3.8) is 0 Å². The Bertz CT molecular complexity index is 482. The maximum Gasteiger partial charge on any atom is 0.273 e. The maximum atomic E-state index is 11.7. The van der Waals surface area contributed by atoms with Gasteiger partial charge in [0.15, 0.2) is 5.69 Å². The van der Waals surface area contributed by atoms with Crippen molar-refractivity contribution >= 4 is 17.6 Å². The Morgan fingerprint density at radius 3 is 2.35 bits per heavy atom. The summed E-state index contributed by atoms with van der Waals surface area (Å²) in [5.41, 5.74) is -0.278. The molecule has 1 rings (SSSR count). The second-order valence-corrected chi connectivity index (χ2v) is 5.32. The number of anilines is 1. The Morgan fingerprint density at radius 1 is 1.25 bits per heavy atom. The molecule has 0 aliphatic heterocycles. The van der Waals surface area contributed by atoms with Gasteiger partial charge in [-0.2, -0.15) is 0 Å². The highest BCUT2D eigenvalue weighted by molar-refractivity contribution is 5.91. The molecule has 1 aromatic rings. The lowest BCUT2D eigenvalue weighted by Gasteiger charge is -2.22. The highest BCUT2D eigenvalue weighted by Crippen LogP contribution is 2.16. The van der Waals surface area contributed by atoms with E-state index in [0.717, 1.165) is 0 Å². The zero-order valence-electron chi connectivity index (χ0n) is 12.5. The summed E-state index contributed by atoms with van der Waals surface area (Å²) < 4.78 is 0. The fourth-order valence-corrected chi connectivity index (χ4v) is 1.50. The molecule has 0 atom stereocenters. The number of hydrogen-bond acceptors (Lipinski definition) is 5. The van der Waals surface area contributed by atoms with Crippen molar-refractivity contribution in [1.82, 2.24) is 20.4 Å². The standard InChI is InChI=1S/C13H21N5O2/c1-13(2,12(20)14-3)8-15-10-7-6-9(16-17-10)11(19)18(4)5/h6-7H,8H2,1-5H3,(H,14,20)(H,15,17). The molecule has 110 valence electrons. The monoisotopic (exact) mass is 279 g/mol. The minimum Gasteiger partial charge on any atom is -0.368 e. The van der Waals surface area contributed by atoms with Crippen LogP contribution in [0.3, 0.4) is 0 Å². The summed E-state index contributed by atoms with van der Waals surface area (Å²) in [7, 11) is 4.91. The zero-order valence-corrected chi connectivity index (χ0v) is 12.5. The van der Waals surface area contributed by atoms with Gasteiger partial charge in [-0.05, 0) is 26.0 Å². The Balaban J connectivity index is 2.67. The van der Waals surface area contributed by atoms with Gasteiger partial charge in [0.1, 0.15) is 5.82 Å². The van der Waals surface area contributed by atoms with E-state index in [9.17, 15) is 9.59 Å². The van der Waals surface area contributed by atoms with E-state index in [1.54, 1.807) is 33.3 Å². The van der Waals surface area contributed by atoms with E-state index in [4.69, 9.17) is 0 Å². The second kappa shape index (κ2) is 6.31. The summed E-state index contributed by atoms with van der Waals surface area (Å²) in [5, 5.41) is 13.4. The van der Waals surface area contributed by atoms with Crippen molar-refractivity contribution in [3.8, 4) is 0 Å². The van der Waals surface area contributed by atoms with Crippen LogP contribution in [0.1, 0.15) is 24.3 Å². The summed E-state index contributed by atoms with van der Waals surface area (Å²) in [5.74, 6) is 0.268. The second-order valence-electron chi connectivity index (χ2n) is 5.32. The van der Waals surface area contributed by atoms with Gasteiger partial charge in [0.25, 0.3) is 5.91 Å². The average molecular weight is 279 g/mol. The molecule has 0 fully saturated rings. The smallest absolute Gasteiger partial charge is 0.273 e. The highest BCUT2D eigenvalue weighted by atomic mass is 16.2. The van der Waals surface area contributed by atoms with E-state index < -0.39 is 5.41 Å². The van der Waals surface area contributed by atoms with Crippen LogP contribution in [-0.2, 0) is 4.79 Å². The molecule has 0 saturated heterocycles. The summed E-state index contributed by atoms with van der Waals surface area (Å²) >= 11 is 0. The number of aromatic nitrogens is 2. The topological polar surface area (TPSA) is 87.2 Å². The maximum absolute atomic E-state index is 11.7. The van der Waals surface area contributed by atoms with E-state index in [2.05, 4.69) is 20.8 Å². The predicted molar refractivity (Wildman–Crippen MR) is 76.4 cm³/mol. The lowest BCUT2D eigenvalue weighted by molar-refractivity contribution is -0.128. The Kier molecular flexibility index (Phi) is 5.01. The molecular formula is C13H21N5O2. The summed E-state index contributed by atoms with van der Waals surface area (Å²) in [4.78, 5) is 24.7. The van der Waals surface area contributed by atoms with E-state index >= 15 is 0 Å². The quantitative estimate of drug-likeness (QED) is 0.812. The number of carbonyl (C=O) groups is 2. The summed E-state index contributed by atoms with van der Waals surface area (Å²) in [6.07, 6.45) is 0. The molecule has 7 heteroatoms. The molecule has 20 heavy (non-hydrogen) atoms. The van der Waals surface area contributed by atoms with Crippen molar-refractivity contribution < 1.29 is 9.59 Å². The molecular weight excluding hydrogens is 258 g/mol. The van der Waals surface area contributed by atoms with Gasteiger partial charge in [0.2, 0.25) is 5.91 Å². The first-order chi connectivity index (χ1) is 9.27. The van der Waals surface area contributed by atoms with E-state index in [-0.39, 0.29) is 17.5 Å². The van der Waals surface area contributed by atoms with E-state index in [1.807, 2.05) is 13.8 Å². The lowest BCUT2D eigenvalue weighted by Crippen LogP contribution is -2.39.